The molecule has 0 aliphatic carbocycles. The predicted molar refractivity (Wildman–Crippen MR) is 76.9 cm³/mol. The van der Waals surface area contributed by atoms with Crippen molar-refractivity contribution in [2.45, 2.75) is 26.2 Å². The molecular weight excluding hydrogens is 240 g/mol. The Morgan fingerprint density at radius 1 is 1.32 bits per heavy atom. The van der Waals surface area contributed by atoms with Gasteiger partial charge in [0.05, 0.1) is 18.2 Å². The van der Waals surface area contributed by atoms with E-state index in [9.17, 15) is 10.1 Å². The third-order valence-electron chi connectivity index (χ3n) is 3.30. The summed E-state index contributed by atoms with van der Waals surface area (Å²) in [6.07, 6.45) is 6.14. The van der Waals surface area contributed by atoms with Crippen LogP contribution in [0.4, 0.5) is 5.69 Å². The molecule has 19 heavy (non-hydrogen) atoms. The van der Waals surface area contributed by atoms with Gasteiger partial charge in [0.1, 0.15) is 0 Å². The molecule has 0 radical (unpaired) electrons. The minimum Gasteiger partial charge on any atom is -0.322 e. The third kappa shape index (κ3) is 3.51. The third-order valence-corrected chi connectivity index (χ3v) is 3.30. The van der Waals surface area contributed by atoms with Crippen LogP contribution in [0.2, 0.25) is 0 Å². The van der Waals surface area contributed by atoms with Crippen molar-refractivity contribution < 1.29 is 10.2 Å². The van der Waals surface area contributed by atoms with Crippen molar-refractivity contribution in [3.63, 3.8) is 0 Å². The van der Waals surface area contributed by atoms with Crippen molar-refractivity contribution in [2.75, 3.05) is 7.05 Å². The number of hydrogen-bond donors (Lipinski definition) is 1. The summed E-state index contributed by atoms with van der Waals surface area (Å²) in [5.41, 5.74) is 2.19. The Labute approximate surface area is 114 Å². The zero-order valence-electron chi connectivity index (χ0n) is 11.9. The Balaban J connectivity index is 3.11. The van der Waals surface area contributed by atoms with Crippen LogP contribution in [0.1, 0.15) is 26.3 Å². The van der Waals surface area contributed by atoms with Gasteiger partial charge in [0.2, 0.25) is 0 Å². The standard InChI is InChI=1S/C15H20N2O2/c1-5-12(10-11-16-4)15(2,3)13-6-8-14(9-7-13)17(18)19/h5-11,16H,1-4H3/p+1/b11-10-,12-5+. The molecule has 0 bridgehead atoms. The van der Waals surface area contributed by atoms with Crippen molar-refractivity contribution in [3.05, 3.63) is 63.9 Å². The molecule has 2 N–H and O–H groups in total. The number of nitro benzene ring substituents is 1. The van der Waals surface area contributed by atoms with Crippen molar-refractivity contribution in [1.29, 1.82) is 0 Å². The van der Waals surface area contributed by atoms with E-state index in [4.69, 9.17) is 0 Å². The van der Waals surface area contributed by atoms with Gasteiger partial charge in [0.15, 0.2) is 0 Å². The molecule has 0 aliphatic heterocycles. The lowest BCUT2D eigenvalue weighted by atomic mass is 9.77. The first-order chi connectivity index (χ1) is 8.93. The molecule has 0 aromatic heterocycles. The number of quaternary nitrogens is 1. The van der Waals surface area contributed by atoms with Crippen LogP contribution in [0.25, 0.3) is 0 Å². The van der Waals surface area contributed by atoms with Crippen LogP contribution in [-0.4, -0.2) is 12.0 Å². The molecule has 0 unspecified atom stereocenters. The summed E-state index contributed by atoms with van der Waals surface area (Å²) >= 11 is 0. The quantitative estimate of drug-likeness (QED) is 0.503. The van der Waals surface area contributed by atoms with Crippen LogP contribution in [0.3, 0.4) is 0 Å². The maximum absolute atomic E-state index is 10.7. The number of allylic oxidation sites excluding steroid dienone is 3. The second-order valence-electron chi connectivity index (χ2n) is 4.87. The maximum Gasteiger partial charge on any atom is 0.269 e. The van der Waals surface area contributed by atoms with Gasteiger partial charge in [-0.1, -0.05) is 32.1 Å². The van der Waals surface area contributed by atoms with Crippen molar-refractivity contribution in [2.24, 2.45) is 0 Å². The Morgan fingerprint density at radius 2 is 1.89 bits per heavy atom. The molecule has 4 nitrogen and oxygen atoms in total. The minimum absolute atomic E-state index is 0.124. The highest BCUT2D eigenvalue weighted by Crippen LogP contribution is 2.32. The topological polar surface area (TPSA) is 59.8 Å². The van der Waals surface area contributed by atoms with Crippen molar-refractivity contribution in [1.82, 2.24) is 0 Å². The van der Waals surface area contributed by atoms with Crippen LogP contribution in [0, 0.1) is 10.1 Å². The fraction of sp³-hybridized carbons (Fsp3) is 0.333. The zero-order valence-corrected chi connectivity index (χ0v) is 11.9. The fourth-order valence-electron chi connectivity index (χ4n) is 2.03. The second kappa shape index (κ2) is 6.29. The molecule has 1 aromatic rings. The molecule has 1 aromatic carbocycles. The second-order valence-corrected chi connectivity index (χ2v) is 4.87. The van der Waals surface area contributed by atoms with E-state index in [2.05, 4.69) is 26.0 Å². The van der Waals surface area contributed by atoms with Gasteiger partial charge < -0.3 is 5.32 Å². The van der Waals surface area contributed by atoms with Crippen LogP contribution in [0.5, 0.6) is 0 Å². The van der Waals surface area contributed by atoms with Crippen molar-refractivity contribution >= 4 is 5.69 Å². The average Bonchev–Trinajstić information content (AvgIpc) is 2.39. The Kier molecular flexibility index (Phi) is 5.01. The first-order valence-electron chi connectivity index (χ1n) is 6.31. The van der Waals surface area contributed by atoms with E-state index in [1.54, 1.807) is 12.1 Å². The highest BCUT2D eigenvalue weighted by molar-refractivity contribution is 5.43. The molecule has 4 heteroatoms. The Bertz CT molecular complexity index is 499. The molecule has 0 fully saturated rings. The number of hydrogen-bond acceptors (Lipinski definition) is 2. The molecule has 0 heterocycles. The van der Waals surface area contributed by atoms with E-state index in [0.29, 0.717) is 0 Å². The number of nitrogens with zero attached hydrogens (tertiary/aromatic N) is 1. The van der Waals surface area contributed by atoms with Crippen LogP contribution in [-0.2, 0) is 5.41 Å². The van der Waals surface area contributed by atoms with Crippen LogP contribution >= 0.6 is 0 Å². The highest BCUT2D eigenvalue weighted by atomic mass is 16.6. The molecule has 0 aliphatic rings. The van der Waals surface area contributed by atoms with Crippen LogP contribution in [0.15, 0.2) is 48.2 Å². The monoisotopic (exact) mass is 261 g/mol. The van der Waals surface area contributed by atoms with Crippen molar-refractivity contribution in [3.8, 4) is 0 Å². The van der Waals surface area contributed by atoms with Gasteiger partial charge in [0.25, 0.3) is 5.69 Å². The molecule has 1 rings (SSSR count). The largest absolute Gasteiger partial charge is 0.322 e. The number of nitrogens with two attached hydrogens (primary N) is 1. The number of rotatable bonds is 5. The molecule has 102 valence electrons. The van der Waals surface area contributed by atoms with E-state index >= 15 is 0 Å². The summed E-state index contributed by atoms with van der Waals surface area (Å²) in [5.74, 6) is 0. The first-order valence-corrected chi connectivity index (χ1v) is 6.31. The van der Waals surface area contributed by atoms with E-state index in [1.165, 1.54) is 5.57 Å². The van der Waals surface area contributed by atoms with E-state index in [1.807, 2.05) is 37.6 Å². The predicted octanol–water partition coefficient (Wildman–Crippen LogP) is 2.53. The molecule has 0 spiro atoms. The minimum atomic E-state index is -0.376. The number of benzene rings is 1. The Morgan fingerprint density at radius 3 is 2.32 bits per heavy atom. The maximum atomic E-state index is 10.7. The molecule has 0 saturated carbocycles. The average molecular weight is 261 g/mol. The lowest BCUT2D eigenvalue weighted by Gasteiger charge is -2.26. The van der Waals surface area contributed by atoms with Gasteiger partial charge in [-0.2, -0.15) is 0 Å². The van der Waals surface area contributed by atoms with Crippen LogP contribution < -0.4 is 5.32 Å². The molecule has 0 saturated heterocycles. The zero-order chi connectivity index (χ0) is 14.5. The summed E-state index contributed by atoms with van der Waals surface area (Å²) in [6.45, 7) is 6.23. The fourth-order valence-corrected chi connectivity index (χ4v) is 2.03. The Hall–Kier alpha value is -1.94. The van der Waals surface area contributed by atoms with E-state index in [-0.39, 0.29) is 16.0 Å². The highest BCUT2D eigenvalue weighted by Gasteiger charge is 2.24. The smallest absolute Gasteiger partial charge is 0.269 e. The lowest BCUT2D eigenvalue weighted by molar-refractivity contribution is -0.556. The van der Waals surface area contributed by atoms with Gasteiger partial charge in [-0.05, 0) is 24.1 Å². The lowest BCUT2D eigenvalue weighted by Crippen LogP contribution is -2.72. The summed E-state index contributed by atoms with van der Waals surface area (Å²) < 4.78 is 0. The summed E-state index contributed by atoms with van der Waals surface area (Å²) in [6, 6.07) is 6.76. The summed E-state index contributed by atoms with van der Waals surface area (Å²) in [5, 5.41) is 12.7. The number of nitro groups is 1. The first kappa shape index (κ1) is 15.1. The van der Waals surface area contributed by atoms with Gasteiger partial charge in [-0.15, -0.1) is 0 Å². The number of non-ortho nitro benzene ring substituents is 1. The summed E-state index contributed by atoms with van der Waals surface area (Å²) in [4.78, 5) is 10.3. The molecular formula is C15H21N2O2+. The van der Waals surface area contributed by atoms with Gasteiger partial charge in [-0.3, -0.25) is 10.1 Å². The summed E-state index contributed by atoms with van der Waals surface area (Å²) in [7, 11) is 1.97. The molecule has 0 amide bonds. The van der Waals surface area contributed by atoms with Gasteiger partial charge >= 0.3 is 0 Å². The van der Waals surface area contributed by atoms with E-state index in [0.717, 1.165) is 5.56 Å². The normalized spacial score (nSPS) is 12.9. The SMILES string of the molecule is C/C=C(\C=C/[NH2+]C)C(C)(C)c1ccc([N+](=O)[O-])cc1. The van der Waals surface area contributed by atoms with Gasteiger partial charge in [-0.25, -0.2) is 0 Å². The molecule has 0 atom stereocenters. The van der Waals surface area contributed by atoms with Gasteiger partial charge in [0, 0.05) is 17.5 Å². The van der Waals surface area contributed by atoms with E-state index < -0.39 is 0 Å².